The van der Waals surface area contributed by atoms with Gasteiger partial charge in [-0.15, -0.1) is 0 Å². The van der Waals surface area contributed by atoms with E-state index < -0.39 is 5.63 Å². The zero-order valence-electron chi connectivity index (χ0n) is 13.8. The normalized spacial score (nSPS) is 11.6. The molecular weight excluding hydrogens is 330 g/mol. The van der Waals surface area contributed by atoms with Crippen LogP contribution in [0.25, 0.3) is 44.3 Å². The van der Waals surface area contributed by atoms with Gasteiger partial charge in [-0.25, -0.2) is 9.78 Å². The molecule has 26 heavy (non-hydrogen) atoms. The molecule has 0 unspecified atom stereocenters. The highest BCUT2D eigenvalue weighted by Gasteiger charge is 2.16. The summed E-state index contributed by atoms with van der Waals surface area (Å²) in [7, 11) is 1.70. The van der Waals surface area contributed by atoms with Crippen LogP contribution in [0.5, 0.6) is 0 Å². The molecular formula is C20H13N3O3. The van der Waals surface area contributed by atoms with Crippen molar-refractivity contribution >= 4 is 32.9 Å². The largest absolute Gasteiger partial charge is 0.421 e. The second kappa shape index (κ2) is 5.16. The van der Waals surface area contributed by atoms with Crippen molar-refractivity contribution in [2.45, 2.75) is 0 Å². The van der Waals surface area contributed by atoms with Crippen LogP contribution in [0.2, 0.25) is 0 Å². The summed E-state index contributed by atoms with van der Waals surface area (Å²) in [4.78, 5) is 32.9. The van der Waals surface area contributed by atoms with Crippen LogP contribution in [-0.2, 0) is 7.05 Å². The van der Waals surface area contributed by atoms with Crippen molar-refractivity contribution in [1.82, 2.24) is 14.5 Å². The lowest BCUT2D eigenvalue weighted by Crippen LogP contribution is -2.19. The van der Waals surface area contributed by atoms with E-state index in [0.717, 1.165) is 16.4 Å². The van der Waals surface area contributed by atoms with Gasteiger partial charge in [-0.2, -0.15) is 0 Å². The number of fused-ring (bicyclic) bond motifs is 4. The fraction of sp³-hybridized carbons (Fsp3) is 0.0500. The number of H-pyrrole nitrogens is 1. The lowest BCUT2D eigenvalue weighted by Gasteiger charge is -2.08. The van der Waals surface area contributed by atoms with Gasteiger partial charge in [-0.1, -0.05) is 24.3 Å². The number of benzene rings is 2. The van der Waals surface area contributed by atoms with Crippen LogP contribution in [0.15, 0.2) is 68.6 Å². The molecule has 0 aliphatic carbocycles. The summed E-state index contributed by atoms with van der Waals surface area (Å²) in [6, 6.07) is 16.4. The molecule has 0 aliphatic heterocycles. The van der Waals surface area contributed by atoms with Crippen molar-refractivity contribution in [3.8, 4) is 11.4 Å². The number of imidazole rings is 1. The van der Waals surface area contributed by atoms with E-state index in [2.05, 4.69) is 9.97 Å². The Balaban J connectivity index is 1.90. The second-order valence-corrected chi connectivity index (χ2v) is 6.17. The number of hydrogen-bond donors (Lipinski definition) is 1. The van der Waals surface area contributed by atoms with Crippen LogP contribution < -0.4 is 11.2 Å². The zero-order valence-corrected chi connectivity index (χ0v) is 13.8. The first kappa shape index (κ1) is 14.7. The fourth-order valence-corrected chi connectivity index (χ4v) is 3.32. The number of nitrogens with zero attached hydrogens (tertiary/aromatic N) is 2. The second-order valence-electron chi connectivity index (χ2n) is 6.17. The molecule has 6 nitrogen and oxygen atoms in total. The molecule has 0 saturated carbocycles. The van der Waals surface area contributed by atoms with E-state index in [4.69, 9.17) is 4.42 Å². The highest BCUT2D eigenvalue weighted by Crippen LogP contribution is 2.25. The summed E-state index contributed by atoms with van der Waals surface area (Å²) >= 11 is 0. The van der Waals surface area contributed by atoms with Crippen molar-refractivity contribution < 1.29 is 4.42 Å². The Morgan fingerprint density at radius 1 is 1.00 bits per heavy atom. The average molecular weight is 343 g/mol. The van der Waals surface area contributed by atoms with Gasteiger partial charge in [0.25, 0.3) is 5.56 Å². The van der Waals surface area contributed by atoms with Gasteiger partial charge in [0, 0.05) is 12.4 Å². The fourth-order valence-electron chi connectivity index (χ4n) is 3.32. The first-order valence-electron chi connectivity index (χ1n) is 8.14. The minimum atomic E-state index is -0.532. The summed E-state index contributed by atoms with van der Waals surface area (Å²) in [5.41, 5.74) is 2.05. The van der Waals surface area contributed by atoms with E-state index in [1.807, 2.05) is 48.5 Å². The molecule has 0 fully saturated rings. The Bertz CT molecular complexity index is 1410. The van der Waals surface area contributed by atoms with Crippen LogP contribution in [0.4, 0.5) is 0 Å². The average Bonchev–Trinajstić information content (AvgIpc) is 3.09. The molecule has 3 heterocycles. The first-order valence-corrected chi connectivity index (χ1v) is 8.14. The lowest BCUT2D eigenvalue weighted by atomic mass is 10.1. The molecule has 3 aromatic heterocycles. The molecule has 5 rings (SSSR count). The first-order chi connectivity index (χ1) is 12.6. The summed E-state index contributed by atoms with van der Waals surface area (Å²) < 4.78 is 7.12. The van der Waals surface area contributed by atoms with Crippen LogP contribution in [0.3, 0.4) is 0 Å². The summed E-state index contributed by atoms with van der Waals surface area (Å²) in [6.07, 6.45) is 0. The number of nitrogens with one attached hydrogen (secondary N) is 1. The number of para-hydroxylation sites is 3. The van der Waals surface area contributed by atoms with Crippen molar-refractivity contribution in [3.63, 3.8) is 0 Å². The Morgan fingerprint density at radius 2 is 1.77 bits per heavy atom. The quantitative estimate of drug-likeness (QED) is 0.474. The van der Waals surface area contributed by atoms with Gasteiger partial charge < -0.3 is 14.0 Å². The van der Waals surface area contributed by atoms with E-state index in [0.29, 0.717) is 22.3 Å². The van der Waals surface area contributed by atoms with E-state index in [-0.39, 0.29) is 11.1 Å². The standard InChI is InChI=1S/C20H13N3O3/c1-23-16-9-5-2-6-11(16)17-12(19(23)24)10-13(20(25)26-17)18-21-14-7-3-4-8-15(14)22-18/h2-10H,1H3,(H,21,22). The SMILES string of the molecule is Cn1c(=O)c2cc(-c3nc4ccccc4[nH]3)c(=O)oc2c2ccccc21. The number of aryl methyl sites for hydroxylation is 1. The summed E-state index contributed by atoms with van der Waals surface area (Å²) in [5, 5.41) is 1.07. The van der Waals surface area contributed by atoms with E-state index in [9.17, 15) is 9.59 Å². The molecule has 0 spiro atoms. The predicted molar refractivity (Wildman–Crippen MR) is 100 cm³/mol. The molecule has 0 amide bonds. The van der Waals surface area contributed by atoms with Crippen LogP contribution in [0, 0.1) is 0 Å². The molecule has 0 saturated heterocycles. The number of pyridine rings is 1. The number of rotatable bonds is 1. The number of aromatic nitrogens is 3. The molecule has 0 bridgehead atoms. The minimum Gasteiger partial charge on any atom is -0.421 e. The van der Waals surface area contributed by atoms with Crippen LogP contribution in [-0.4, -0.2) is 14.5 Å². The van der Waals surface area contributed by atoms with Gasteiger partial charge in [0.05, 0.1) is 21.9 Å². The van der Waals surface area contributed by atoms with Crippen molar-refractivity contribution in [2.24, 2.45) is 7.05 Å². The van der Waals surface area contributed by atoms with E-state index in [1.54, 1.807) is 17.7 Å². The molecule has 6 heteroatoms. The van der Waals surface area contributed by atoms with Gasteiger partial charge in [0.15, 0.2) is 5.58 Å². The van der Waals surface area contributed by atoms with Gasteiger partial charge in [-0.3, -0.25) is 4.79 Å². The molecule has 0 aliphatic rings. The Kier molecular flexibility index (Phi) is 2.91. The maximum absolute atomic E-state index is 12.8. The monoisotopic (exact) mass is 343 g/mol. The Hall–Kier alpha value is -3.67. The molecule has 1 N–H and O–H groups in total. The summed E-state index contributed by atoms with van der Waals surface area (Å²) in [5.74, 6) is 0.386. The van der Waals surface area contributed by atoms with Crippen molar-refractivity contribution in [3.05, 3.63) is 75.4 Å². The van der Waals surface area contributed by atoms with E-state index in [1.165, 1.54) is 0 Å². The van der Waals surface area contributed by atoms with E-state index >= 15 is 0 Å². The maximum atomic E-state index is 12.8. The molecule has 0 atom stereocenters. The molecule has 126 valence electrons. The Labute approximate surface area is 146 Å². The lowest BCUT2D eigenvalue weighted by molar-refractivity contribution is 0.565. The molecule has 0 radical (unpaired) electrons. The van der Waals surface area contributed by atoms with Crippen molar-refractivity contribution in [2.75, 3.05) is 0 Å². The molecule has 5 aromatic rings. The number of aromatic amines is 1. The van der Waals surface area contributed by atoms with Gasteiger partial charge in [0.1, 0.15) is 11.4 Å². The third kappa shape index (κ3) is 1.96. The van der Waals surface area contributed by atoms with Gasteiger partial charge in [-0.05, 0) is 30.3 Å². The maximum Gasteiger partial charge on any atom is 0.347 e. The van der Waals surface area contributed by atoms with Gasteiger partial charge >= 0.3 is 5.63 Å². The highest BCUT2D eigenvalue weighted by atomic mass is 16.4. The van der Waals surface area contributed by atoms with Crippen molar-refractivity contribution in [1.29, 1.82) is 0 Å². The third-order valence-corrected chi connectivity index (χ3v) is 4.64. The zero-order chi connectivity index (χ0) is 17.8. The minimum absolute atomic E-state index is 0.222. The topological polar surface area (TPSA) is 80.9 Å². The molecule has 2 aromatic carbocycles. The number of hydrogen-bond acceptors (Lipinski definition) is 4. The third-order valence-electron chi connectivity index (χ3n) is 4.64. The highest BCUT2D eigenvalue weighted by molar-refractivity contribution is 6.02. The van der Waals surface area contributed by atoms with Gasteiger partial charge in [0.2, 0.25) is 0 Å². The summed E-state index contributed by atoms with van der Waals surface area (Å²) in [6.45, 7) is 0. The van der Waals surface area contributed by atoms with Crippen LogP contribution >= 0.6 is 0 Å². The Morgan fingerprint density at radius 3 is 2.62 bits per heavy atom. The van der Waals surface area contributed by atoms with Crippen LogP contribution in [0.1, 0.15) is 0 Å². The predicted octanol–water partition coefficient (Wildman–Crippen LogP) is 3.19. The smallest absolute Gasteiger partial charge is 0.347 e.